The first-order valence-corrected chi connectivity index (χ1v) is 12.1. The summed E-state index contributed by atoms with van der Waals surface area (Å²) in [5.41, 5.74) is 7.70. The first kappa shape index (κ1) is 21.9. The van der Waals surface area contributed by atoms with Gasteiger partial charge in [0.05, 0.1) is 12.2 Å². The Balaban J connectivity index is 1.32. The number of aromatic nitrogens is 2. The van der Waals surface area contributed by atoms with Gasteiger partial charge in [0.1, 0.15) is 0 Å². The molecule has 1 saturated heterocycles. The first-order valence-electron chi connectivity index (χ1n) is 12.1. The Labute approximate surface area is 198 Å². The van der Waals surface area contributed by atoms with Crippen molar-refractivity contribution < 1.29 is 0 Å². The molecule has 5 nitrogen and oxygen atoms in total. The zero-order valence-corrected chi connectivity index (χ0v) is 20.4. The van der Waals surface area contributed by atoms with Crippen LogP contribution < -0.4 is 9.80 Å². The molecule has 0 aliphatic carbocycles. The molecule has 1 fully saturated rings. The Hall–Kier alpha value is -2.92. The summed E-state index contributed by atoms with van der Waals surface area (Å²) in [7, 11) is 2.18. The highest BCUT2D eigenvalue weighted by molar-refractivity contribution is 5.52. The molecule has 3 heterocycles. The molecule has 1 aromatic heterocycles. The number of rotatable bonds is 4. The SMILES string of the molecule is Cc1ccc(C(C)(C)c2ccc(N3CCc4cnc(N5CCN(C)CC5)nc4C3)cc2)cc1. The lowest BCUT2D eigenvalue weighted by Crippen LogP contribution is -2.45. The largest absolute Gasteiger partial charge is 0.365 e. The molecule has 0 atom stereocenters. The van der Waals surface area contributed by atoms with E-state index in [-0.39, 0.29) is 5.41 Å². The third kappa shape index (κ3) is 4.47. The number of hydrogen-bond donors (Lipinski definition) is 0. The van der Waals surface area contributed by atoms with Crippen molar-refractivity contribution in [2.75, 3.05) is 49.6 Å². The Morgan fingerprint density at radius 3 is 2.09 bits per heavy atom. The van der Waals surface area contributed by atoms with Gasteiger partial charge in [-0.15, -0.1) is 0 Å². The minimum Gasteiger partial charge on any atom is -0.365 e. The van der Waals surface area contributed by atoms with Crippen molar-refractivity contribution in [3.05, 3.63) is 82.7 Å². The number of hydrogen-bond acceptors (Lipinski definition) is 5. The molecule has 2 aliphatic rings. The fourth-order valence-electron chi connectivity index (χ4n) is 4.90. The minimum absolute atomic E-state index is 0.0225. The van der Waals surface area contributed by atoms with Gasteiger partial charge in [-0.05, 0) is 49.2 Å². The molecule has 5 rings (SSSR count). The fourth-order valence-corrected chi connectivity index (χ4v) is 4.90. The molecule has 3 aromatic rings. The van der Waals surface area contributed by atoms with Crippen molar-refractivity contribution in [2.45, 2.75) is 39.2 Å². The molecule has 0 amide bonds. The van der Waals surface area contributed by atoms with E-state index in [2.05, 4.69) is 102 Å². The van der Waals surface area contributed by atoms with Gasteiger partial charge in [-0.2, -0.15) is 0 Å². The van der Waals surface area contributed by atoms with E-state index in [1.807, 2.05) is 0 Å². The fraction of sp³-hybridized carbons (Fsp3) is 0.429. The average Bonchev–Trinajstić information content (AvgIpc) is 2.84. The van der Waals surface area contributed by atoms with Crippen LogP contribution in [0.15, 0.2) is 54.7 Å². The number of fused-ring (bicyclic) bond motifs is 1. The van der Waals surface area contributed by atoms with Crippen LogP contribution in [0.2, 0.25) is 0 Å². The first-order chi connectivity index (χ1) is 15.9. The molecule has 0 radical (unpaired) electrons. The molecule has 0 saturated carbocycles. The number of piperazine rings is 1. The summed E-state index contributed by atoms with van der Waals surface area (Å²) in [5.74, 6) is 0.888. The lowest BCUT2D eigenvalue weighted by Gasteiger charge is -2.34. The van der Waals surface area contributed by atoms with Gasteiger partial charge in [-0.1, -0.05) is 55.8 Å². The second-order valence-electron chi connectivity index (χ2n) is 10.1. The lowest BCUT2D eigenvalue weighted by atomic mass is 9.78. The molecule has 0 unspecified atom stereocenters. The Morgan fingerprint density at radius 2 is 1.42 bits per heavy atom. The number of anilines is 2. The van der Waals surface area contributed by atoms with Crippen molar-refractivity contribution in [3.8, 4) is 0 Å². The summed E-state index contributed by atoms with van der Waals surface area (Å²) in [6, 6.07) is 18.0. The second kappa shape index (κ2) is 8.79. The highest BCUT2D eigenvalue weighted by Gasteiger charge is 2.25. The van der Waals surface area contributed by atoms with Gasteiger partial charge >= 0.3 is 0 Å². The van der Waals surface area contributed by atoms with Crippen LogP contribution in [-0.2, 0) is 18.4 Å². The molecular weight excluding hydrogens is 406 g/mol. The normalized spacial score (nSPS) is 17.2. The molecule has 5 heteroatoms. The van der Waals surface area contributed by atoms with Gasteiger partial charge < -0.3 is 14.7 Å². The number of benzene rings is 2. The smallest absolute Gasteiger partial charge is 0.225 e. The zero-order valence-electron chi connectivity index (χ0n) is 20.4. The van der Waals surface area contributed by atoms with Crippen LogP contribution in [0, 0.1) is 6.92 Å². The van der Waals surface area contributed by atoms with Crippen molar-refractivity contribution in [3.63, 3.8) is 0 Å². The Morgan fingerprint density at radius 1 is 0.788 bits per heavy atom. The van der Waals surface area contributed by atoms with Crippen LogP contribution in [0.1, 0.15) is 41.8 Å². The number of likely N-dealkylation sites (N-methyl/N-ethyl adjacent to an activating group) is 1. The van der Waals surface area contributed by atoms with Crippen molar-refractivity contribution in [1.82, 2.24) is 14.9 Å². The van der Waals surface area contributed by atoms with Crippen molar-refractivity contribution >= 4 is 11.6 Å². The minimum atomic E-state index is -0.0225. The topological polar surface area (TPSA) is 35.5 Å². The molecule has 33 heavy (non-hydrogen) atoms. The van der Waals surface area contributed by atoms with E-state index in [0.717, 1.165) is 51.6 Å². The monoisotopic (exact) mass is 441 g/mol. The average molecular weight is 442 g/mol. The molecule has 172 valence electrons. The predicted molar refractivity (Wildman–Crippen MR) is 136 cm³/mol. The summed E-state index contributed by atoms with van der Waals surface area (Å²) in [6.45, 7) is 12.7. The van der Waals surface area contributed by atoms with Crippen LogP contribution in [0.4, 0.5) is 11.6 Å². The summed E-state index contributed by atoms with van der Waals surface area (Å²) >= 11 is 0. The quantitative estimate of drug-likeness (QED) is 0.599. The van der Waals surface area contributed by atoms with E-state index in [1.165, 1.54) is 33.6 Å². The van der Waals surface area contributed by atoms with E-state index in [4.69, 9.17) is 4.98 Å². The number of aryl methyl sites for hydroxylation is 1. The van der Waals surface area contributed by atoms with Gasteiger partial charge in [-0.3, -0.25) is 0 Å². The summed E-state index contributed by atoms with van der Waals surface area (Å²) in [5, 5.41) is 0. The predicted octanol–water partition coefficient (Wildman–Crippen LogP) is 4.43. The van der Waals surface area contributed by atoms with E-state index >= 15 is 0 Å². The van der Waals surface area contributed by atoms with Crippen molar-refractivity contribution in [2.24, 2.45) is 0 Å². The number of nitrogens with zero attached hydrogens (tertiary/aromatic N) is 5. The molecule has 2 aliphatic heterocycles. The van der Waals surface area contributed by atoms with Crippen LogP contribution in [0.3, 0.4) is 0 Å². The molecule has 0 N–H and O–H groups in total. The van der Waals surface area contributed by atoms with Crippen LogP contribution in [0.5, 0.6) is 0 Å². The van der Waals surface area contributed by atoms with Crippen LogP contribution in [-0.4, -0.2) is 54.6 Å². The summed E-state index contributed by atoms with van der Waals surface area (Å²) in [6.07, 6.45) is 3.05. The van der Waals surface area contributed by atoms with Gasteiger partial charge in [0.15, 0.2) is 0 Å². The molecule has 0 spiro atoms. The maximum Gasteiger partial charge on any atom is 0.225 e. The molecule has 2 aromatic carbocycles. The Bertz CT molecular complexity index is 1100. The summed E-state index contributed by atoms with van der Waals surface area (Å²) < 4.78 is 0. The van der Waals surface area contributed by atoms with Gasteiger partial charge in [-0.25, -0.2) is 9.97 Å². The Kier molecular flexibility index (Phi) is 5.83. The maximum atomic E-state index is 5.00. The van der Waals surface area contributed by atoms with E-state index in [0.29, 0.717) is 0 Å². The second-order valence-corrected chi connectivity index (χ2v) is 10.1. The highest BCUT2D eigenvalue weighted by atomic mass is 15.3. The zero-order chi connectivity index (χ0) is 23.0. The van der Waals surface area contributed by atoms with Crippen molar-refractivity contribution in [1.29, 1.82) is 0 Å². The molecule has 0 bridgehead atoms. The van der Waals surface area contributed by atoms with Gasteiger partial charge in [0, 0.05) is 50.0 Å². The van der Waals surface area contributed by atoms with Gasteiger partial charge in [0.2, 0.25) is 5.95 Å². The standard InChI is InChI=1S/C28H35N5/c1-21-5-7-23(8-6-21)28(2,3)24-9-11-25(12-10-24)33-14-13-22-19-29-27(30-26(22)20-33)32-17-15-31(4)16-18-32/h5-12,19H,13-18,20H2,1-4H3. The van der Waals surface area contributed by atoms with E-state index < -0.39 is 0 Å². The lowest BCUT2D eigenvalue weighted by molar-refractivity contribution is 0.311. The summed E-state index contributed by atoms with van der Waals surface area (Å²) in [4.78, 5) is 16.8. The molecular formula is C28H35N5. The third-order valence-corrected chi connectivity index (χ3v) is 7.45. The van der Waals surface area contributed by atoms with E-state index in [9.17, 15) is 0 Å². The highest BCUT2D eigenvalue weighted by Crippen LogP contribution is 2.33. The van der Waals surface area contributed by atoms with Crippen LogP contribution in [0.25, 0.3) is 0 Å². The van der Waals surface area contributed by atoms with Gasteiger partial charge in [0.25, 0.3) is 0 Å². The maximum absolute atomic E-state index is 5.00. The third-order valence-electron chi connectivity index (χ3n) is 7.45. The van der Waals surface area contributed by atoms with Crippen LogP contribution >= 0.6 is 0 Å². The van der Waals surface area contributed by atoms with E-state index in [1.54, 1.807) is 0 Å².